The molecule has 0 aliphatic carbocycles. The van der Waals surface area contributed by atoms with Crippen molar-refractivity contribution in [3.8, 4) is 0 Å². The molecule has 0 radical (unpaired) electrons. The monoisotopic (exact) mass is 541 g/mol. The first-order valence-electron chi connectivity index (χ1n) is 17.5. The van der Waals surface area contributed by atoms with Crippen LogP contribution in [0, 0.1) is 0 Å². The van der Waals surface area contributed by atoms with Gasteiger partial charge in [0.25, 0.3) is 0 Å². The lowest BCUT2D eigenvalue weighted by molar-refractivity contribution is 0.180. The number of hydrogen-bond acceptors (Lipinski definition) is 2. The fourth-order valence-electron chi connectivity index (χ4n) is 5.81. The van der Waals surface area contributed by atoms with Crippen molar-refractivity contribution in [2.24, 2.45) is 0 Å². The Kier molecular flexibility index (Phi) is 30.8. The van der Waals surface area contributed by atoms with Crippen molar-refractivity contribution in [1.82, 2.24) is 0 Å². The van der Waals surface area contributed by atoms with E-state index in [0.29, 0.717) is 0 Å². The van der Waals surface area contributed by atoms with Gasteiger partial charge >= 0.3 is 8.56 Å². The van der Waals surface area contributed by atoms with Crippen LogP contribution >= 0.6 is 0 Å². The lowest BCUT2D eigenvalue weighted by Gasteiger charge is -2.30. The summed E-state index contributed by atoms with van der Waals surface area (Å²) in [5, 5.41) is 0. The van der Waals surface area contributed by atoms with Crippen LogP contribution < -0.4 is 0 Å². The highest BCUT2D eigenvalue weighted by Gasteiger charge is 2.35. The fraction of sp³-hybridized carbons (Fsp3) is 1.00. The van der Waals surface area contributed by atoms with Crippen molar-refractivity contribution in [2.75, 3.05) is 13.2 Å². The van der Waals surface area contributed by atoms with E-state index in [1.165, 1.54) is 179 Å². The second-order valence-electron chi connectivity index (χ2n) is 11.8. The lowest BCUT2D eigenvalue weighted by Crippen LogP contribution is -2.42. The Morgan fingerprint density at radius 1 is 0.297 bits per heavy atom. The third kappa shape index (κ3) is 26.1. The predicted molar refractivity (Wildman–Crippen MR) is 170 cm³/mol. The van der Waals surface area contributed by atoms with E-state index in [4.69, 9.17) is 8.85 Å². The molecule has 0 saturated heterocycles. The molecule has 0 atom stereocenters. The molecule has 2 nitrogen and oxygen atoms in total. The summed E-state index contributed by atoms with van der Waals surface area (Å²) in [6, 6.07) is 2.42. The average Bonchev–Trinajstić information content (AvgIpc) is 2.90. The third-order valence-electron chi connectivity index (χ3n) is 8.14. The van der Waals surface area contributed by atoms with Gasteiger partial charge in [-0.25, -0.2) is 0 Å². The molecular weight excluding hydrogens is 468 g/mol. The van der Waals surface area contributed by atoms with Crippen LogP contribution in [0.2, 0.25) is 12.1 Å². The minimum Gasteiger partial charge on any atom is -0.394 e. The maximum Gasteiger partial charge on any atom is 0.338 e. The summed E-state index contributed by atoms with van der Waals surface area (Å²) in [5.74, 6) is 0. The average molecular weight is 541 g/mol. The van der Waals surface area contributed by atoms with E-state index in [2.05, 4.69) is 27.7 Å². The normalized spacial score (nSPS) is 12.0. The standard InChI is InChI=1S/C34H72O2Si/c1-5-9-11-13-15-17-18-19-20-21-22-23-24-26-28-30-32-34-37(35-7-3,36-8-4)33-31-29-27-25-16-14-12-10-6-2/h5-34H2,1-4H3. The maximum atomic E-state index is 6.39. The van der Waals surface area contributed by atoms with Gasteiger partial charge in [-0.1, -0.05) is 181 Å². The van der Waals surface area contributed by atoms with Gasteiger partial charge in [0.1, 0.15) is 0 Å². The van der Waals surface area contributed by atoms with Gasteiger partial charge in [-0.3, -0.25) is 0 Å². The summed E-state index contributed by atoms with van der Waals surface area (Å²) in [6.07, 6.45) is 36.9. The van der Waals surface area contributed by atoms with Crippen molar-refractivity contribution >= 4 is 8.56 Å². The van der Waals surface area contributed by atoms with E-state index < -0.39 is 8.56 Å². The largest absolute Gasteiger partial charge is 0.394 e. The summed E-state index contributed by atoms with van der Waals surface area (Å²) in [6.45, 7) is 10.6. The van der Waals surface area contributed by atoms with E-state index in [1.807, 2.05) is 0 Å². The van der Waals surface area contributed by atoms with Gasteiger partial charge < -0.3 is 8.85 Å². The molecule has 3 heteroatoms. The second kappa shape index (κ2) is 30.7. The first-order valence-corrected chi connectivity index (χ1v) is 19.8. The maximum absolute atomic E-state index is 6.39. The fourth-order valence-corrected chi connectivity index (χ4v) is 9.35. The van der Waals surface area contributed by atoms with Gasteiger partial charge in [0.2, 0.25) is 0 Å². The van der Waals surface area contributed by atoms with E-state index >= 15 is 0 Å². The van der Waals surface area contributed by atoms with Crippen molar-refractivity contribution in [3.63, 3.8) is 0 Å². The molecule has 0 N–H and O–H groups in total. The zero-order valence-electron chi connectivity index (χ0n) is 26.5. The van der Waals surface area contributed by atoms with E-state index in [9.17, 15) is 0 Å². The Hall–Kier alpha value is 0.137. The molecule has 0 saturated carbocycles. The number of unbranched alkanes of at least 4 members (excludes halogenated alkanes) is 24. The molecule has 0 rings (SSSR count). The Balaban J connectivity index is 3.73. The van der Waals surface area contributed by atoms with Crippen LogP contribution in [0.3, 0.4) is 0 Å². The summed E-state index contributed by atoms with van der Waals surface area (Å²) in [7, 11) is -1.99. The molecule has 0 aliphatic heterocycles. The van der Waals surface area contributed by atoms with E-state index in [-0.39, 0.29) is 0 Å². The van der Waals surface area contributed by atoms with Crippen LogP contribution in [0.15, 0.2) is 0 Å². The molecule has 0 bridgehead atoms. The molecule has 0 aliphatic rings. The minimum atomic E-state index is -1.99. The summed E-state index contributed by atoms with van der Waals surface area (Å²) in [5.41, 5.74) is 0. The molecular formula is C34H72O2Si. The van der Waals surface area contributed by atoms with Gasteiger partial charge in [0.15, 0.2) is 0 Å². The molecule has 37 heavy (non-hydrogen) atoms. The molecule has 0 fully saturated rings. The first-order chi connectivity index (χ1) is 18.2. The van der Waals surface area contributed by atoms with Crippen LogP contribution in [0.25, 0.3) is 0 Å². The molecule has 0 aromatic rings. The first kappa shape index (κ1) is 37.1. The summed E-state index contributed by atoms with van der Waals surface area (Å²) >= 11 is 0. The van der Waals surface area contributed by atoms with Crippen LogP contribution in [0.4, 0.5) is 0 Å². The third-order valence-corrected chi connectivity index (χ3v) is 12.0. The van der Waals surface area contributed by atoms with Crippen LogP contribution in [-0.4, -0.2) is 21.8 Å². The highest BCUT2D eigenvalue weighted by molar-refractivity contribution is 6.67. The zero-order valence-corrected chi connectivity index (χ0v) is 27.5. The Bertz CT molecular complexity index is 409. The smallest absolute Gasteiger partial charge is 0.338 e. The van der Waals surface area contributed by atoms with Gasteiger partial charge in [-0.15, -0.1) is 0 Å². The molecule has 0 aromatic heterocycles. The highest BCUT2D eigenvalue weighted by atomic mass is 28.4. The SMILES string of the molecule is CCCCCCCCCCCCCCCCCCC[Si](CCCCCCCCCCC)(OCC)OCC. The van der Waals surface area contributed by atoms with Gasteiger partial charge in [-0.2, -0.15) is 0 Å². The molecule has 0 amide bonds. The van der Waals surface area contributed by atoms with Crippen molar-refractivity contribution < 1.29 is 8.85 Å². The van der Waals surface area contributed by atoms with Crippen molar-refractivity contribution in [3.05, 3.63) is 0 Å². The van der Waals surface area contributed by atoms with E-state index in [0.717, 1.165) is 13.2 Å². The van der Waals surface area contributed by atoms with Crippen molar-refractivity contribution in [2.45, 2.75) is 207 Å². The molecule has 0 unspecified atom stereocenters. The molecule has 224 valence electrons. The molecule has 0 spiro atoms. The van der Waals surface area contributed by atoms with Crippen LogP contribution in [-0.2, 0) is 8.85 Å². The zero-order chi connectivity index (χ0) is 27.1. The molecule has 0 aromatic carbocycles. The molecule has 0 heterocycles. The quantitative estimate of drug-likeness (QED) is 0.0623. The van der Waals surface area contributed by atoms with Crippen LogP contribution in [0.5, 0.6) is 0 Å². The highest BCUT2D eigenvalue weighted by Crippen LogP contribution is 2.26. The van der Waals surface area contributed by atoms with Gasteiger partial charge in [0.05, 0.1) is 0 Å². The summed E-state index contributed by atoms with van der Waals surface area (Å²) in [4.78, 5) is 0. The number of rotatable bonds is 32. The summed E-state index contributed by atoms with van der Waals surface area (Å²) < 4.78 is 12.8. The van der Waals surface area contributed by atoms with E-state index in [1.54, 1.807) is 0 Å². The topological polar surface area (TPSA) is 18.5 Å². The van der Waals surface area contributed by atoms with Crippen molar-refractivity contribution in [1.29, 1.82) is 0 Å². The Morgan fingerprint density at radius 3 is 0.730 bits per heavy atom. The Labute approximate surface area is 237 Å². The number of hydrogen-bond donors (Lipinski definition) is 0. The second-order valence-corrected chi connectivity index (χ2v) is 15.2. The van der Waals surface area contributed by atoms with Gasteiger partial charge in [0, 0.05) is 13.2 Å². The lowest BCUT2D eigenvalue weighted by atomic mass is 10.0. The predicted octanol–water partition coefficient (Wildman–Crippen LogP) is 12.7. The van der Waals surface area contributed by atoms with Gasteiger partial charge in [-0.05, 0) is 25.9 Å². The minimum absolute atomic E-state index is 0.822. The van der Waals surface area contributed by atoms with Crippen LogP contribution in [0.1, 0.15) is 195 Å². The Morgan fingerprint density at radius 2 is 0.514 bits per heavy atom.